The summed E-state index contributed by atoms with van der Waals surface area (Å²) < 4.78 is 4.86. The van der Waals surface area contributed by atoms with Crippen molar-refractivity contribution >= 4 is 11.9 Å². The molecule has 5 heteroatoms. The highest BCUT2D eigenvalue weighted by molar-refractivity contribution is 5.90. The lowest BCUT2D eigenvalue weighted by molar-refractivity contribution is -0.134. The van der Waals surface area contributed by atoms with Crippen LogP contribution in [0.2, 0.25) is 0 Å². The maximum absolute atomic E-state index is 12.1. The molecule has 0 N–H and O–H groups in total. The fourth-order valence-corrected chi connectivity index (χ4v) is 2.92. The zero-order valence-electron chi connectivity index (χ0n) is 14.2. The van der Waals surface area contributed by atoms with Gasteiger partial charge in [-0.2, -0.15) is 0 Å². The molecule has 1 fully saturated rings. The van der Waals surface area contributed by atoms with Gasteiger partial charge in [-0.05, 0) is 18.1 Å². The molecule has 1 aromatic carbocycles. The Morgan fingerprint density at radius 3 is 2.57 bits per heavy atom. The number of carbonyl (C=O) groups is 2. The van der Waals surface area contributed by atoms with Gasteiger partial charge in [0, 0.05) is 38.6 Å². The van der Waals surface area contributed by atoms with Gasteiger partial charge in [-0.3, -0.25) is 9.69 Å². The highest BCUT2D eigenvalue weighted by Gasteiger charge is 2.22. The molecular weight excluding hydrogens is 292 g/mol. The molecule has 5 nitrogen and oxygen atoms in total. The van der Waals surface area contributed by atoms with Crippen LogP contribution < -0.4 is 0 Å². The first-order valence-electron chi connectivity index (χ1n) is 8.20. The second-order valence-corrected chi connectivity index (χ2v) is 6.26. The van der Waals surface area contributed by atoms with Crippen molar-refractivity contribution in [3.8, 4) is 0 Å². The van der Waals surface area contributed by atoms with Crippen LogP contribution >= 0.6 is 0 Å². The van der Waals surface area contributed by atoms with Gasteiger partial charge in [-0.15, -0.1) is 0 Å². The maximum Gasteiger partial charge on any atom is 0.338 e. The average molecular weight is 318 g/mol. The van der Waals surface area contributed by atoms with E-state index in [1.807, 2.05) is 36.9 Å². The summed E-state index contributed by atoms with van der Waals surface area (Å²) in [5.41, 5.74) is 1.59. The fourth-order valence-electron chi connectivity index (χ4n) is 2.92. The number of methoxy groups -OCH3 is 1. The SMILES string of the molecule is COC(=O)c1ccccc1CN1CCCN(C(=O)C(C)C)CC1. The molecule has 23 heavy (non-hydrogen) atoms. The molecule has 126 valence electrons. The highest BCUT2D eigenvalue weighted by atomic mass is 16.5. The van der Waals surface area contributed by atoms with E-state index >= 15 is 0 Å². The van der Waals surface area contributed by atoms with Crippen LogP contribution in [0.15, 0.2) is 24.3 Å². The average Bonchev–Trinajstić information content (AvgIpc) is 2.79. The molecule has 1 saturated heterocycles. The van der Waals surface area contributed by atoms with E-state index in [4.69, 9.17) is 4.74 Å². The number of amides is 1. The molecular formula is C18H26N2O3. The van der Waals surface area contributed by atoms with E-state index < -0.39 is 0 Å². The second-order valence-electron chi connectivity index (χ2n) is 6.26. The molecule has 1 aromatic rings. The summed E-state index contributed by atoms with van der Waals surface area (Å²) in [6.07, 6.45) is 0.957. The molecule has 0 radical (unpaired) electrons. The first-order valence-corrected chi connectivity index (χ1v) is 8.20. The molecule has 1 aliphatic heterocycles. The highest BCUT2D eigenvalue weighted by Crippen LogP contribution is 2.15. The fraction of sp³-hybridized carbons (Fsp3) is 0.556. The summed E-state index contributed by atoms with van der Waals surface area (Å²) in [6.45, 7) is 7.90. The van der Waals surface area contributed by atoms with Crippen LogP contribution in [-0.4, -0.2) is 55.0 Å². The number of benzene rings is 1. The van der Waals surface area contributed by atoms with Crippen molar-refractivity contribution in [2.24, 2.45) is 5.92 Å². The third-order valence-electron chi connectivity index (χ3n) is 4.21. The minimum atomic E-state index is -0.299. The number of rotatable bonds is 4. The third kappa shape index (κ3) is 4.55. The van der Waals surface area contributed by atoms with Gasteiger partial charge in [0.15, 0.2) is 0 Å². The maximum atomic E-state index is 12.1. The van der Waals surface area contributed by atoms with Gasteiger partial charge >= 0.3 is 5.97 Å². The molecule has 1 amide bonds. The summed E-state index contributed by atoms with van der Waals surface area (Å²) in [5, 5.41) is 0. The molecule has 0 bridgehead atoms. The normalized spacial score (nSPS) is 16.3. The molecule has 0 saturated carbocycles. The lowest BCUT2D eigenvalue weighted by atomic mass is 10.1. The van der Waals surface area contributed by atoms with E-state index in [2.05, 4.69) is 4.90 Å². The van der Waals surface area contributed by atoms with E-state index in [9.17, 15) is 9.59 Å². The van der Waals surface area contributed by atoms with Gasteiger partial charge in [0.05, 0.1) is 12.7 Å². The Kier molecular flexibility index (Phi) is 6.16. The predicted molar refractivity (Wildman–Crippen MR) is 89.1 cm³/mol. The molecule has 2 rings (SSSR count). The molecule has 1 aliphatic rings. The van der Waals surface area contributed by atoms with Crippen molar-refractivity contribution in [3.05, 3.63) is 35.4 Å². The molecule has 0 aliphatic carbocycles. The zero-order chi connectivity index (χ0) is 16.8. The quantitative estimate of drug-likeness (QED) is 0.798. The Labute approximate surface area is 138 Å². The number of nitrogens with zero attached hydrogens (tertiary/aromatic N) is 2. The van der Waals surface area contributed by atoms with Crippen molar-refractivity contribution in [1.82, 2.24) is 9.80 Å². The summed E-state index contributed by atoms with van der Waals surface area (Å²) in [6, 6.07) is 7.55. The van der Waals surface area contributed by atoms with Crippen LogP contribution in [0.4, 0.5) is 0 Å². The molecule has 0 aromatic heterocycles. The van der Waals surface area contributed by atoms with E-state index in [1.54, 1.807) is 6.07 Å². The Bertz CT molecular complexity index is 557. The van der Waals surface area contributed by atoms with Crippen LogP contribution in [0.5, 0.6) is 0 Å². The zero-order valence-corrected chi connectivity index (χ0v) is 14.2. The number of ether oxygens (including phenoxy) is 1. The lowest BCUT2D eigenvalue weighted by Gasteiger charge is -2.23. The smallest absolute Gasteiger partial charge is 0.338 e. The lowest BCUT2D eigenvalue weighted by Crippen LogP contribution is -2.37. The number of esters is 1. The minimum Gasteiger partial charge on any atom is -0.465 e. The Hall–Kier alpha value is -1.88. The van der Waals surface area contributed by atoms with Crippen molar-refractivity contribution in [3.63, 3.8) is 0 Å². The summed E-state index contributed by atoms with van der Waals surface area (Å²) in [7, 11) is 1.40. The van der Waals surface area contributed by atoms with E-state index in [0.29, 0.717) is 12.1 Å². The molecule has 1 heterocycles. The molecule has 0 unspecified atom stereocenters. The summed E-state index contributed by atoms with van der Waals surface area (Å²) in [4.78, 5) is 28.3. The standard InChI is InChI=1S/C18H26N2O3/c1-14(2)17(21)20-10-6-9-19(11-12-20)13-15-7-4-5-8-16(15)18(22)23-3/h4-5,7-8,14H,6,9-13H2,1-3H3. The molecule has 0 atom stereocenters. The number of carbonyl (C=O) groups excluding carboxylic acids is 2. The van der Waals surface area contributed by atoms with E-state index in [1.165, 1.54) is 7.11 Å². The van der Waals surface area contributed by atoms with Crippen LogP contribution in [-0.2, 0) is 16.1 Å². The minimum absolute atomic E-state index is 0.0431. The van der Waals surface area contributed by atoms with Crippen molar-refractivity contribution in [2.45, 2.75) is 26.8 Å². The van der Waals surface area contributed by atoms with Crippen molar-refractivity contribution < 1.29 is 14.3 Å². The van der Waals surface area contributed by atoms with E-state index in [-0.39, 0.29) is 17.8 Å². The summed E-state index contributed by atoms with van der Waals surface area (Å²) in [5.74, 6) is -0.0320. The monoisotopic (exact) mass is 318 g/mol. The van der Waals surface area contributed by atoms with E-state index in [0.717, 1.165) is 38.2 Å². The summed E-state index contributed by atoms with van der Waals surface area (Å²) >= 11 is 0. The Balaban J connectivity index is 2.02. The van der Waals surface area contributed by atoms with Gasteiger partial charge in [0.25, 0.3) is 0 Å². The van der Waals surface area contributed by atoms with Gasteiger partial charge in [-0.25, -0.2) is 4.79 Å². The van der Waals surface area contributed by atoms with Gasteiger partial charge in [0.2, 0.25) is 5.91 Å². The van der Waals surface area contributed by atoms with Crippen molar-refractivity contribution in [2.75, 3.05) is 33.3 Å². The first-order chi connectivity index (χ1) is 11.0. The van der Waals surface area contributed by atoms with Gasteiger partial charge in [-0.1, -0.05) is 32.0 Å². The van der Waals surface area contributed by atoms with Crippen LogP contribution in [0.1, 0.15) is 36.2 Å². The molecule has 0 spiro atoms. The largest absolute Gasteiger partial charge is 0.465 e. The van der Waals surface area contributed by atoms with Crippen molar-refractivity contribution in [1.29, 1.82) is 0 Å². The second kappa shape index (κ2) is 8.11. The van der Waals surface area contributed by atoms with Gasteiger partial charge < -0.3 is 9.64 Å². The van der Waals surface area contributed by atoms with Crippen LogP contribution in [0.25, 0.3) is 0 Å². The van der Waals surface area contributed by atoms with Crippen LogP contribution in [0.3, 0.4) is 0 Å². The topological polar surface area (TPSA) is 49.9 Å². The third-order valence-corrected chi connectivity index (χ3v) is 4.21. The Morgan fingerprint density at radius 1 is 1.13 bits per heavy atom. The first kappa shape index (κ1) is 17.5. The number of hydrogen-bond acceptors (Lipinski definition) is 4. The Morgan fingerprint density at radius 2 is 1.87 bits per heavy atom. The number of hydrogen-bond donors (Lipinski definition) is 0. The van der Waals surface area contributed by atoms with Crippen LogP contribution in [0, 0.1) is 5.92 Å². The predicted octanol–water partition coefficient (Wildman–Crippen LogP) is 2.16. The van der Waals surface area contributed by atoms with Gasteiger partial charge in [0.1, 0.15) is 0 Å².